The number of ketones is 2. The molecule has 0 radical (unpaired) electrons. The maximum absolute atomic E-state index is 12.9. The second-order valence-electron chi connectivity index (χ2n) is 5.68. The molecular weight excluding hydrogens is 300 g/mol. The Balaban J connectivity index is 1.85. The smallest absolute Gasteiger partial charge is 0.212 e. The number of benzene rings is 2. The summed E-state index contributed by atoms with van der Waals surface area (Å²) in [5, 5.41) is 4.38. The number of aryl methyl sites for hydroxylation is 1. The predicted octanol–water partition coefficient (Wildman–Crippen LogP) is 3.37. The van der Waals surface area contributed by atoms with Crippen molar-refractivity contribution in [2.24, 2.45) is 7.05 Å². The van der Waals surface area contributed by atoms with E-state index < -0.39 is 0 Å². The van der Waals surface area contributed by atoms with Crippen molar-refractivity contribution in [1.82, 2.24) is 9.78 Å². The van der Waals surface area contributed by atoms with E-state index in [1.807, 2.05) is 36.4 Å². The van der Waals surface area contributed by atoms with E-state index in [0.29, 0.717) is 28.1 Å². The number of hydrogen-bond acceptors (Lipinski definition) is 3. The Morgan fingerprint density at radius 1 is 0.833 bits per heavy atom. The van der Waals surface area contributed by atoms with E-state index in [1.54, 1.807) is 37.4 Å². The Morgan fingerprint density at radius 2 is 1.46 bits per heavy atom. The first-order valence-corrected chi connectivity index (χ1v) is 7.65. The molecule has 0 amide bonds. The number of aromatic nitrogens is 2. The second kappa shape index (κ2) is 5.42. The van der Waals surface area contributed by atoms with Crippen molar-refractivity contribution in [2.75, 3.05) is 0 Å². The molecule has 116 valence electrons. The molecule has 4 nitrogen and oxygen atoms in total. The van der Waals surface area contributed by atoms with E-state index in [1.165, 1.54) is 4.68 Å². The van der Waals surface area contributed by atoms with Crippen LogP contribution in [0.4, 0.5) is 0 Å². The van der Waals surface area contributed by atoms with Crippen LogP contribution in [0.1, 0.15) is 43.2 Å². The van der Waals surface area contributed by atoms with Gasteiger partial charge in [-0.15, -0.1) is 0 Å². The summed E-state index contributed by atoms with van der Waals surface area (Å²) in [7, 11) is 1.69. The molecule has 1 heterocycles. The number of carbonyl (C=O) groups excluding carboxylic acids is 2. The van der Waals surface area contributed by atoms with Gasteiger partial charge in [0.05, 0.1) is 11.3 Å². The van der Waals surface area contributed by atoms with Gasteiger partial charge in [-0.3, -0.25) is 14.3 Å². The van der Waals surface area contributed by atoms with Crippen LogP contribution in [-0.4, -0.2) is 21.3 Å². The maximum Gasteiger partial charge on any atom is 0.212 e. The zero-order valence-corrected chi connectivity index (χ0v) is 13.1. The second-order valence-corrected chi connectivity index (χ2v) is 5.68. The highest BCUT2D eigenvalue weighted by Gasteiger charge is 2.34. The lowest BCUT2D eigenvalue weighted by Crippen LogP contribution is -2.22. The van der Waals surface area contributed by atoms with E-state index in [9.17, 15) is 9.59 Å². The molecule has 2 aromatic carbocycles. The molecule has 0 fully saturated rings. The molecule has 0 spiro atoms. The van der Waals surface area contributed by atoms with Crippen LogP contribution in [0.3, 0.4) is 0 Å². The molecule has 24 heavy (non-hydrogen) atoms. The van der Waals surface area contributed by atoms with Crippen molar-refractivity contribution in [3.63, 3.8) is 0 Å². The Kier molecular flexibility index (Phi) is 3.24. The van der Waals surface area contributed by atoms with Crippen LogP contribution in [0, 0.1) is 0 Å². The number of carbonyl (C=O) groups is 2. The van der Waals surface area contributed by atoms with Gasteiger partial charge in [-0.1, -0.05) is 60.7 Å². The van der Waals surface area contributed by atoms with Crippen LogP contribution in [0.15, 0.2) is 54.6 Å². The minimum atomic E-state index is -0.158. The van der Waals surface area contributed by atoms with Gasteiger partial charge in [-0.2, -0.15) is 5.10 Å². The Bertz CT molecular complexity index is 998. The zero-order chi connectivity index (χ0) is 16.7. The third-order valence-corrected chi connectivity index (χ3v) is 4.17. The van der Waals surface area contributed by atoms with E-state index in [-0.39, 0.29) is 11.6 Å². The quantitative estimate of drug-likeness (QED) is 0.570. The third kappa shape index (κ3) is 2.12. The first-order chi connectivity index (χ1) is 11.7. The molecule has 0 N–H and O–H groups in total. The zero-order valence-electron chi connectivity index (χ0n) is 13.1. The van der Waals surface area contributed by atoms with Gasteiger partial charge in [0.15, 0.2) is 5.78 Å². The summed E-state index contributed by atoms with van der Waals surface area (Å²) in [5.74, 6) is -0.310. The molecule has 1 aliphatic rings. The average molecular weight is 314 g/mol. The molecule has 0 aliphatic heterocycles. The highest BCUT2D eigenvalue weighted by molar-refractivity contribution is 6.28. The van der Waals surface area contributed by atoms with Crippen LogP contribution in [-0.2, 0) is 7.05 Å². The van der Waals surface area contributed by atoms with Crippen LogP contribution < -0.4 is 0 Å². The highest BCUT2D eigenvalue weighted by atomic mass is 16.1. The molecule has 4 rings (SSSR count). The van der Waals surface area contributed by atoms with Gasteiger partial charge in [0.25, 0.3) is 0 Å². The maximum atomic E-state index is 12.9. The summed E-state index contributed by atoms with van der Waals surface area (Å²) in [6.07, 6.45) is 3.67. The van der Waals surface area contributed by atoms with Crippen LogP contribution in [0.25, 0.3) is 12.2 Å². The van der Waals surface area contributed by atoms with Gasteiger partial charge in [-0.05, 0) is 11.6 Å². The Hall–Kier alpha value is -3.27. The highest BCUT2D eigenvalue weighted by Crippen LogP contribution is 2.29. The van der Waals surface area contributed by atoms with Crippen molar-refractivity contribution in [3.05, 3.63) is 88.2 Å². The molecule has 1 aliphatic carbocycles. The largest absolute Gasteiger partial charge is 0.288 e. The van der Waals surface area contributed by atoms with Gasteiger partial charge in [0.1, 0.15) is 5.69 Å². The van der Waals surface area contributed by atoms with Gasteiger partial charge in [0.2, 0.25) is 5.78 Å². The van der Waals surface area contributed by atoms with Crippen molar-refractivity contribution in [2.45, 2.75) is 0 Å². The predicted molar refractivity (Wildman–Crippen MR) is 91.9 cm³/mol. The topological polar surface area (TPSA) is 52.0 Å². The van der Waals surface area contributed by atoms with Crippen molar-refractivity contribution < 1.29 is 9.59 Å². The number of rotatable bonds is 2. The van der Waals surface area contributed by atoms with E-state index >= 15 is 0 Å². The van der Waals surface area contributed by atoms with Gasteiger partial charge < -0.3 is 0 Å². The number of fused-ring (bicyclic) bond motifs is 2. The minimum absolute atomic E-state index is 0.152. The molecule has 3 aromatic rings. The van der Waals surface area contributed by atoms with Gasteiger partial charge >= 0.3 is 0 Å². The number of hydrogen-bond donors (Lipinski definition) is 0. The Morgan fingerprint density at radius 3 is 2.17 bits per heavy atom. The summed E-state index contributed by atoms with van der Waals surface area (Å²) in [6.45, 7) is 0. The average Bonchev–Trinajstić information content (AvgIpc) is 2.95. The van der Waals surface area contributed by atoms with E-state index in [0.717, 1.165) is 5.56 Å². The molecule has 0 bridgehead atoms. The number of nitrogens with zero attached hydrogens (tertiary/aromatic N) is 2. The fraction of sp³-hybridized carbons (Fsp3) is 0.0500. The lowest BCUT2D eigenvalue weighted by atomic mass is 9.86. The molecular formula is C20H14N2O2. The summed E-state index contributed by atoms with van der Waals surface area (Å²) in [4.78, 5) is 25.6. The standard InChI is InChI=1S/C20H14N2O2/c1-22-18-17(16(21-22)12-11-13-7-3-2-4-8-13)19(23)14-9-5-6-10-15(14)20(18)24/h2-12H,1H3/b12-11+. The van der Waals surface area contributed by atoms with Crippen LogP contribution >= 0.6 is 0 Å². The molecule has 0 saturated heterocycles. The molecule has 0 atom stereocenters. The minimum Gasteiger partial charge on any atom is -0.288 e. The van der Waals surface area contributed by atoms with Crippen LogP contribution in [0.2, 0.25) is 0 Å². The fourth-order valence-electron chi connectivity index (χ4n) is 3.03. The van der Waals surface area contributed by atoms with E-state index in [4.69, 9.17) is 0 Å². The third-order valence-electron chi connectivity index (χ3n) is 4.17. The normalized spacial score (nSPS) is 13.2. The van der Waals surface area contributed by atoms with Crippen molar-refractivity contribution >= 4 is 23.7 Å². The fourth-order valence-corrected chi connectivity index (χ4v) is 3.03. The first-order valence-electron chi connectivity index (χ1n) is 7.65. The van der Waals surface area contributed by atoms with Crippen molar-refractivity contribution in [3.8, 4) is 0 Å². The lowest BCUT2D eigenvalue weighted by molar-refractivity contribution is 0.0974. The molecule has 1 aromatic heterocycles. The SMILES string of the molecule is Cn1nc(/C=C/c2ccccc2)c2c1C(=O)c1ccccc1C2=O. The summed E-state index contributed by atoms with van der Waals surface area (Å²) >= 11 is 0. The molecule has 0 saturated carbocycles. The van der Waals surface area contributed by atoms with Crippen molar-refractivity contribution in [1.29, 1.82) is 0 Å². The lowest BCUT2D eigenvalue weighted by Gasteiger charge is -2.14. The molecule has 0 unspecified atom stereocenters. The van der Waals surface area contributed by atoms with Crippen LogP contribution in [0.5, 0.6) is 0 Å². The monoisotopic (exact) mass is 314 g/mol. The summed E-state index contributed by atoms with van der Waals surface area (Å²) in [6, 6.07) is 16.7. The Labute approximate surface area is 139 Å². The molecule has 4 heteroatoms. The van der Waals surface area contributed by atoms with Gasteiger partial charge in [-0.25, -0.2) is 0 Å². The van der Waals surface area contributed by atoms with E-state index in [2.05, 4.69) is 5.10 Å². The first kappa shape index (κ1) is 14.3. The summed E-state index contributed by atoms with van der Waals surface area (Å²) in [5.41, 5.74) is 3.14. The van der Waals surface area contributed by atoms with Gasteiger partial charge in [0, 0.05) is 18.2 Å². The summed E-state index contributed by atoms with van der Waals surface area (Å²) < 4.78 is 1.50.